The maximum absolute atomic E-state index is 13.2. The van der Waals surface area contributed by atoms with E-state index in [2.05, 4.69) is 0 Å². The summed E-state index contributed by atoms with van der Waals surface area (Å²) >= 11 is 0. The van der Waals surface area contributed by atoms with Gasteiger partial charge in [-0.05, 0) is 0 Å². The van der Waals surface area contributed by atoms with Crippen molar-refractivity contribution in [1.29, 1.82) is 0 Å². The van der Waals surface area contributed by atoms with Gasteiger partial charge in [-0.1, -0.05) is 0 Å². The summed E-state index contributed by atoms with van der Waals surface area (Å²) in [5.74, 6) is -1.59. The number of rotatable bonds is 1. The summed E-state index contributed by atoms with van der Waals surface area (Å²) in [4.78, 5) is 10.7. The molecule has 0 aromatic heterocycles. The second-order valence-electron chi connectivity index (χ2n) is 3.13. The zero-order valence-corrected chi connectivity index (χ0v) is 7.83. The fraction of sp³-hybridized carbons (Fsp3) is 0.300. The molecule has 1 aliphatic rings. The first-order valence-corrected chi connectivity index (χ1v) is 4.51. The van der Waals surface area contributed by atoms with E-state index in [-0.39, 0.29) is 11.5 Å². The van der Waals surface area contributed by atoms with Crippen LogP contribution in [0.4, 0.5) is 4.39 Å². The molecular weight excluding hydrogens is 203 g/mol. The summed E-state index contributed by atoms with van der Waals surface area (Å²) in [5, 5.41) is 8.70. The SMILES string of the molecule is O=C(O)c1cc2c(cc1F)OCCCO2. The van der Waals surface area contributed by atoms with E-state index in [1.807, 2.05) is 0 Å². The number of hydrogen-bond acceptors (Lipinski definition) is 3. The third-order valence-corrected chi connectivity index (χ3v) is 2.07. The molecule has 0 saturated carbocycles. The number of carboxylic acid groups (broad SMARTS) is 1. The average Bonchev–Trinajstić information content (AvgIpc) is 2.40. The smallest absolute Gasteiger partial charge is 0.338 e. The number of halogens is 1. The molecule has 1 heterocycles. The van der Waals surface area contributed by atoms with Crippen molar-refractivity contribution in [2.45, 2.75) is 6.42 Å². The first-order valence-electron chi connectivity index (χ1n) is 4.51. The van der Waals surface area contributed by atoms with E-state index in [0.717, 1.165) is 12.1 Å². The highest BCUT2D eigenvalue weighted by atomic mass is 19.1. The third-order valence-electron chi connectivity index (χ3n) is 2.07. The number of benzene rings is 1. The lowest BCUT2D eigenvalue weighted by atomic mass is 10.2. The molecule has 1 aromatic carbocycles. The molecular formula is C10H9FO4. The first-order chi connectivity index (χ1) is 7.18. The van der Waals surface area contributed by atoms with Gasteiger partial charge in [0.15, 0.2) is 11.5 Å². The fourth-order valence-corrected chi connectivity index (χ4v) is 1.35. The predicted octanol–water partition coefficient (Wildman–Crippen LogP) is 1.69. The predicted molar refractivity (Wildman–Crippen MR) is 49.0 cm³/mol. The Morgan fingerprint density at radius 1 is 1.27 bits per heavy atom. The van der Waals surface area contributed by atoms with Crippen LogP contribution in [0.3, 0.4) is 0 Å². The normalized spacial score (nSPS) is 14.5. The van der Waals surface area contributed by atoms with Crippen LogP contribution in [-0.4, -0.2) is 24.3 Å². The van der Waals surface area contributed by atoms with E-state index in [1.165, 1.54) is 0 Å². The van der Waals surface area contributed by atoms with Gasteiger partial charge in [0.05, 0.1) is 18.8 Å². The van der Waals surface area contributed by atoms with Crippen molar-refractivity contribution < 1.29 is 23.8 Å². The monoisotopic (exact) mass is 212 g/mol. The van der Waals surface area contributed by atoms with Crippen LogP contribution in [0.15, 0.2) is 12.1 Å². The van der Waals surface area contributed by atoms with E-state index in [4.69, 9.17) is 14.6 Å². The van der Waals surface area contributed by atoms with Gasteiger partial charge < -0.3 is 14.6 Å². The number of hydrogen-bond donors (Lipinski definition) is 1. The zero-order valence-electron chi connectivity index (χ0n) is 7.83. The Labute approximate surface area is 85.2 Å². The Hall–Kier alpha value is -1.78. The van der Waals surface area contributed by atoms with E-state index in [0.29, 0.717) is 19.6 Å². The highest BCUT2D eigenvalue weighted by molar-refractivity contribution is 5.88. The largest absolute Gasteiger partial charge is 0.490 e. The molecule has 0 aliphatic carbocycles. The number of fused-ring (bicyclic) bond motifs is 1. The molecule has 0 radical (unpaired) electrons. The first kappa shape index (κ1) is 9.76. The highest BCUT2D eigenvalue weighted by Crippen LogP contribution is 2.32. The average molecular weight is 212 g/mol. The van der Waals surface area contributed by atoms with Gasteiger partial charge in [0.1, 0.15) is 5.82 Å². The maximum atomic E-state index is 13.2. The minimum Gasteiger partial charge on any atom is -0.490 e. The van der Waals surface area contributed by atoms with Crippen molar-refractivity contribution in [3.05, 3.63) is 23.5 Å². The van der Waals surface area contributed by atoms with Crippen LogP contribution in [0.25, 0.3) is 0 Å². The Morgan fingerprint density at radius 3 is 2.47 bits per heavy atom. The summed E-state index contributed by atoms with van der Waals surface area (Å²) < 4.78 is 23.7. The Morgan fingerprint density at radius 2 is 1.87 bits per heavy atom. The molecule has 0 amide bonds. The van der Waals surface area contributed by atoms with E-state index in [9.17, 15) is 9.18 Å². The number of carboxylic acids is 1. The third kappa shape index (κ3) is 1.86. The van der Waals surface area contributed by atoms with Crippen molar-refractivity contribution in [2.24, 2.45) is 0 Å². The van der Waals surface area contributed by atoms with Crippen LogP contribution in [-0.2, 0) is 0 Å². The molecule has 0 bridgehead atoms. The number of ether oxygens (including phenoxy) is 2. The lowest BCUT2D eigenvalue weighted by molar-refractivity contribution is 0.0691. The molecule has 1 aliphatic heterocycles. The van der Waals surface area contributed by atoms with Crippen LogP contribution < -0.4 is 9.47 Å². The lowest BCUT2D eigenvalue weighted by Gasteiger charge is -2.08. The molecule has 5 heteroatoms. The van der Waals surface area contributed by atoms with Crippen molar-refractivity contribution in [3.63, 3.8) is 0 Å². The van der Waals surface area contributed by atoms with Gasteiger partial charge in [0.2, 0.25) is 0 Å². The summed E-state index contributed by atoms with van der Waals surface area (Å²) in [6.07, 6.45) is 0.693. The fourth-order valence-electron chi connectivity index (χ4n) is 1.35. The van der Waals surface area contributed by atoms with Crippen molar-refractivity contribution in [1.82, 2.24) is 0 Å². The van der Waals surface area contributed by atoms with Gasteiger partial charge in [-0.3, -0.25) is 0 Å². The highest BCUT2D eigenvalue weighted by Gasteiger charge is 2.18. The van der Waals surface area contributed by atoms with Crippen LogP contribution in [0.2, 0.25) is 0 Å². The molecule has 1 N–H and O–H groups in total. The maximum Gasteiger partial charge on any atom is 0.338 e. The Bertz CT molecular complexity index is 403. The van der Waals surface area contributed by atoms with E-state index in [1.54, 1.807) is 0 Å². The number of aromatic carboxylic acids is 1. The minimum absolute atomic E-state index is 0.259. The van der Waals surface area contributed by atoms with Crippen LogP contribution in [0, 0.1) is 5.82 Å². The summed E-state index contributed by atoms with van der Waals surface area (Å²) in [6.45, 7) is 0.885. The van der Waals surface area contributed by atoms with Crippen LogP contribution >= 0.6 is 0 Å². The van der Waals surface area contributed by atoms with Gasteiger partial charge >= 0.3 is 5.97 Å². The van der Waals surface area contributed by atoms with Crippen molar-refractivity contribution in [3.8, 4) is 11.5 Å². The van der Waals surface area contributed by atoms with Crippen LogP contribution in [0.1, 0.15) is 16.8 Å². The summed E-state index contributed by atoms with van der Waals surface area (Å²) in [6, 6.07) is 2.20. The minimum atomic E-state index is -1.32. The van der Waals surface area contributed by atoms with Crippen molar-refractivity contribution in [2.75, 3.05) is 13.2 Å². The topological polar surface area (TPSA) is 55.8 Å². The lowest BCUT2D eigenvalue weighted by Crippen LogP contribution is -2.02. The quantitative estimate of drug-likeness (QED) is 0.769. The Balaban J connectivity index is 2.47. The van der Waals surface area contributed by atoms with Crippen molar-refractivity contribution >= 4 is 5.97 Å². The van der Waals surface area contributed by atoms with E-state index < -0.39 is 17.3 Å². The Kier molecular flexibility index (Phi) is 2.45. The molecule has 0 unspecified atom stereocenters. The molecule has 4 nitrogen and oxygen atoms in total. The summed E-state index contributed by atoms with van der Waals surface area (Å²) in [5.41, 5.74) is -0.403. The molecule has 80 valence electrons. The molecule has 1 aromatic rings. The molecule has 0 saturated heterocycles. The second-order valence-corrected chi connectivity index (χ2v) is 3.13. The molecule has 0 atom stereocenters. The van der Waals surface area contributed by atoms with Gasteiger partial charge in [-0.15, -0.1) is 0 Å². The standard InChI is InChI=1S/C10H9FO4/c11-7-5-9-8(4-6(7)10(12)13)14-2-1-3-15-9/h4-5H,1-3H2,(H,12,13). The molecule has 0 spiro atoms. The van der Waals surface area contributed by atoms with Gasteiger partial charge in [-0.2, -0.15) is 0 Å². The second kappa shape index (κ2) is 3.76. The molecule has 15 heavy (non-hydrogen) atoms. The van der Waals surface area contributed by atoms with E-state index >= 15 is 0 Å². The van der Waals surface area contributed by atoms with Gasteiger partial charge in [-0.25, -0.2) is 9.18 Å². The van der Waals surface area contributed by atoms with Crippen LogP contribution in [0.5, 0.6) is 11.5 Å². The van der Waals surface area contributed by atoms with Gasteiger partial charge in [0.25, 0.3) is 0 Å². The zero-order chi connectivity index (χ0) is 10.8. The summed E-state index contributed by atoms with van der Waals surface area (Å²) in [7, 11) is 0. The number of carbonyl (C=O) groups is 1. The molecule has 2 rings (SSSR count). The van der Waals surface area contributed by atoms with Gasteiger partial charge in [0, 0.05) is 18.6 Å². The molecule has 0 fully saturated rings.